The molecule has 0 aromatic rings. The predicted molar refractivity (Wildman–Crippen MR) is 229 cm³/mol. The van der Waals surface area contributed by atoms with Crippen molar-refractivity contribution in [3.8, 4) is 0 Å². The number of hydrogen-bond acceptors (Lipinski definition) is 3. The minimum Gasteiger partial charge on any atom is -0.394 e. The van der Waals surface area contributed by atoms with Crippen molar-refractivity contribution < 1.29 is 15.0 Å². The Morgan fingerprint density at radius 2 is 0.885 bits per heavy atom. The summed E-state index contributed by atoms with van der Waals surface area (Å²) in [6.07, 6.45) is 67.1. The van der Waals surface area contributed by atoms with Gasteiger partial charge in [0.2, 0.25) is 5.91 Å². The highest BCUT2D eigenvalue weighted by molar-refractivity contribution is 5.76. The lowest BCUT2D eigenvalue weighted by atomic mass is 10.1. The Morgan fingerprint density at radius 1 is 0.500 bits per heavy atom. The van der Waals surface area contributed by atoms with Gasteiger partial charge in [-0.15, -0.1) is 0 Å². The van der Waals surface area contributed by atoms with E-state index < -0.39 is 12.1 Å². The molecule has 0 aliphatic rings. The zero-order valence-electron chi connectivity index (χ0n) is 33.0. The maximum Gasteiger partial charge on any atom is 0.220 e. The van der Waals surface area contributed by atoms with Crippen molar-refractivity contribution >= 4 is 5.91 Å². The Labute approximate surface area is 320 Å². The first-order chi connectivity index (χ1) is 25.7. The molecule has 1 amide bonds. The molecule has 290 valence electrons. The molecule has 0 radical (unpaired) electrons. The monoisotopic (exact) mass is 714 g/mol. The van der Waals surface area contributed by atoms with Gasteiger partial charge in [-0.2, -0.15) is 0 Å². The van der Waals surface area contributed by atoms with E-state index >= 15 is 0 Å². The molecular weight excluding hydrogens is 639 g/mol. The van der Waals surface area contributed by atoms with Crippen LogP contribution in [-0.4, -0.2) is 34.9 Å². The molecule has 2 unspecified atom stereocenters. The van der Waals surface area contributed by atoms with Gasteiger partial charge in [0.15, 0.2) is 0 Å². The third-order valence-corrected chi connectivity index (χ3v) is 8.19. The summed E-state index contributed by atoms with van der Waals surface area (Å²) in [7, 11) is 0. The first-order valence-corrected chi connectivity index (χ1v) is 20.4. The van der Waals surface area contributed by atoms with E-state index in [0.717, 1.165) is 103 Å². The Balaban J connectivity index is 3.71. The fraction of sp³-hybridized carbons (Fsp3) is 0.521. The number of rotatable bonds is 34. The second-order valence-corrected chi connectivity index (χ2v) is 13.0. The minimum atomic E-state index is -0.883. The van der Waals surface area contributed by atoms with Crippen LogP contribution in [0.2, 0.25) is 0 Å². The molecule has 0 saturated heterocycles. The third kappa shape index (κ3) is 37.8. The van der Waals surface area contributed by atoms with E-state index in [-0.39, 0.29) is 12.5 Å². The van der Waals surface area contributed by atoms with Crippen LogP contribution in [-0.2, 0) is 4.79 Å². The maximum absolute atomic E-state index is 12.3. The zero-order chi connectivity index (χ0) is 37.8. The molecule has 0 spiro atoms. The highest BCUT2D eigenvalue weighted by Crippen LogP contribution is 2.10. The second kappa shape index (κ2) is 41.9. The second-order valence-electron chi connectivity index (χ2n) is 13.0. The molecular formula is C48H75NO3. The van der Waals surface area contributed by atoms with Crippen LogP contribution in [0.1, 0.15) is 142 Å². The fourth-order valence-corrected chi connectivity index (χ4v) is 5.11. The van der Waals surface area contributed by atoms with E-state index in [1.165, 1.54) is 19.3 Å². The number of amides is 1. The molecule has 0 heterocycles. The van der Waals surface area contributed by atoms with Crippen molar-refractivity contribution in [2.75, 3.05) is 6.61 Å². The van der Waals surface area contributed by atoms with Crippen LogP contribution in [0, 0.1) is 0 Å². The molecule has 0 aliphatic carbocycles. The summed E-state index contributed by atoms with van der Waals surface area (Å²) in [5.41, 5.74) is 0. The normalized spacial score (nSPS) is 14.5. The standard InChI is InChI=1S/C48H75NO3/c1-3-5-7-9-11-13-14-15-16-17-18-19-20-21-22-23-24-25-26-27-28-29-30-31-32-33-34-36-38-40-42-44-48(52)49-46(45-50)47(51)43-41-39-37-35-12-10-8-6-4-2/h4-7,11-13,15-16,18-19,21-22,24-25,27-28,30-31,35,41,43,46-47,50-51H,3,8-10,14,17,20,23,26,29,32-34,36-40,42,44-45H2,1-2H3,(H,49,52)/b6-4+,7-5-,13-11-,16-15-,19-18-,22-21-,25-24-,28-27-,31-30-,35-12+,43-41+. The Morgan fingerprint density at radius 3 is 1.35 bits per heavy atom. The molecule has 3 N–H and O–H groups in total. The number of hydrogen-bond donors (Lipinski definition) is 3. The van der Waals surface area contributed by atoms with Crippen LogP contribution in [0.15, 0.2) is 134 Å². The summed E-state index contributed by atoms with van der Waals surface area (Å²) in [5, 5.41) is 22.8. The van der Waals surface area contributed by atoms with Gasteiger partial charge in [-0.1, -0.05) is 166 Å². The van der Waals surface area contributed by atoms with Crippen molar-refractivity contribution in [2.24, 2.45) is 0 Å². The molecule has 2 atom stereocenters. The van der Waals surface area contributed by atoms with Crippen LogP contribution < -0.4 is 5.32 Å². The molecule has 4 heteroatoms. The van der Waals surface area contributed by atoms with Crippen molar-refractivity contribution in [3.63, 3.8) is 0 Å². The maximum atomic E-state index is 12.3. The number of aliphatic hydroxyl groups is 2. The molecule has 0 aromatic carbocycles. The number of allylic oxidation sites excluding steroid dienone is 21. The summed E-state index contributed by atoms with van der Waals surface area (Å²) < 4.78 is 0. The molecule has 0 fully saturated rings. The lowest BCUT2D eigenvalue weighted by Crippen LogP contribution is -2.45. The van der Waals surface area contributed by atoms with E-state index in [2.05, 4.69) is 134 Å². The van der Waals surface area contributed by atoms with E-state index in [4.69, 9.17) is 0 Å². The van der Waals surface area contributed by atoms with Gasteiger partial charge in [0.25, 0.3) is 0 Å². The molecule has 0 aromatic heterocycles. The highest BCUT2D eigenvalue weighted by atomic mass is 16.3. The van der Waals surface area contributed by atoms with Crippen molar-refractivity contribution in [1.82, 2.24) is 5.32 Å². The number of unbranched alkanes of at least 4 members (excludes halogenated alkanes) is 8. The minimum absolute atomic E-state index is 0.105. The summed E-state index contributed by atoms with van der Waals surface area (Å²) in [4.78, 5) is 12.3. The lowest BCUT2D eigenvalue weighted by molar-refractivity contribution is -0.123. The summed E-state index contributed by atoms with van der Waals surface area (Å²) in [6.45, 7) is 3.91. The first-order valence-electron chi connectivity index (χ1n) is 20.4. The van der Waals surface area contributed by atoms with Crippen LogP contribution in [0.25, 0.3) is 0 Å². The van der Waals surface area contributed by atoms with Gasteiger partial charge in [-0.05, 0) is 103 Å². The lowest BCUT2D eigenvalue weighted by Gasteiger charge is -2.19. The Kier molecular flexibility index (Phi) is 39.1. The van der Waals surface area contributed by atoms with Crippen LogP contribution >= 0.6 is 0 Å². The molecule has 0 rings (SSSR count). The van der Waals surface area contributed by atoms with E-state index in [1.54, 1.807) is 6.08 Å². The summed E-state index contributed by atoms with van der Waals surface area (Å²) >= 11 is 0. The predicted octanol–water partition coefficient (Wildman–Crippen LogP) is 12.8. The van der Waals surface area contributed by atoms with E-state index in [0.29, 0.717) is 6.42 Å². The van der Waals surface area contributed by atoms with Crippen LogP contribution in [0.5, 0.6) is 0 Å². The Hall–Kier alpha value is -3.47. The number of carbonyl (C=O) groups excluding carboxylic acids is 1. The van der Waals surface area contributed by atoms with Gasteiger partial charge in [0, 0.05) is 6.42 Å². The van der Waals surface area contributed by atoms with Gasteiger partial charge in [-0.3, -0.25) is 4.79 Å². The van der Waals surface area contributed by atoms with Crippen molar-refractivity contribution in [2.45, 2.75) is 154 Å². The van der Waals surface area contributed by atoms with Crippen LogP contribution in [0.3, 0.4) is 0 Å². The molecule has 0 saturated carbocycles. The average molecular weight is 714 g/mol. The fourth-order valence-electron chi connectivity index (χ4n) is 5.11. The van der Waals surface area contributed by atoms with E-state index in [1.807, 2.05) is 13.0 Å². The average Bonchev–Trinajstić information content (AvgIpc) is 3.15. The van der Waals surface area contributed by atoms with Crippen LogP contribution in [0.4, 0.5) is 0 Å². The van der Waals surface area contributed by atoms with Gasteiger partial charge in [0.1, 0.15) is 0 Å². The topological polar surface area (TPSA) is 69.6 Å². The van der Waals surface area contributed by atoms with Crippen molar-refractivity contribution in [3.05, 3.63) is 134 Å². The quantitative estimate of drug-likeness (QED) is 0.0459. The van der Waals surface area contributed by atoms with Crippen molar-refractivity contribution in [1.29, 1.82) is 0 Å². The summed E-state index contributed by atoms with van der Waals surface area (Å²) in [5.74, 6) is -0.105. The number of nitrogens with one attached hydrogen (secondary N) is 1. The molecule has 4 nitrogen and oxygen atoms in total. The van der Waals surface area contributed by atoms with E-state index in [9.17, 15) is 15.0 Å². The molecule has 0 bridgehead atoms. The Bertz CT molecular complexity index is 1130. The largest absolute Gasteiger partial charge is 0.394 e. The van der Waals surface area contributed by atoms with Gasteiger partial charge in [0.05, 0.1) is 18.8 Å². The zero-order valence-corrected chi connectivity index (χ0v) is 33.0. The van der Waals surface area contributed by atoms with Gasteiger partial charge < -0.3 is 15.5 Å². The van der Waals surface area contributed by atoms with Gasteiger partial charge >= 0.3 is 0 Å². The highest BCUT2D eigenvalue weighted by Gasteiger charge is 2.17. The smallest absolute Gasteiger partial charge is 0.220 e. The third-order valence-electron chi connectivity index (χ3n) is 8.19. The van der Waals surface area contributed by atoms with Gasteiger partial charge in [-0.25, -0.2) is 0 Å². The molecule has 52 heavy (non-hydrogen) atoms. The SMILES string of the molecule is C/C=C/CC/C=C/CC/C=C/C(O)C(CO)NC(=O)CCCCCCCC/C=C\C/C=C\C/C=C\C/C=C\C/C=C\C/C=C\C/C=C\C/C=C\CC. The molecule has 0 aliphatic heterocycles. The first kappa shape index (κ1) is 48.5. The summed E-state index contributed by atoms with van der Waals surface area (Å²) in [6, 6.07) is -0.661. The number of carbonyl (C=O) groups is 1. The number of aliphatic hydroxyl groups excluding tert-OH is 2.